The summed E-state index contributed by atoms with van der Waals surface area (Å²) in [4.78, 5) is 4.54. The predicted molar refractivity (Wildman–Crippen MR) is 94.6 cm³/mol. The lowest BCUT2D eigenvalue weighted by molar-refractivity contribution is -0.366. The number of hydrogen-bond acceptors (Lipinski definition) is 5. The maximum atomic E-state index is 12.6. The summed E-state index contributed by atoms with van der Waals surface area (Å²) in [5.41, 5.74) is 2.42. The number of aliphatic hydroxyl groups is 2. The fraction of sp³-hybridized carbons (Fsp3) is 0.316. The Hall–Kier alpha value is -2.34. The molecule has 0 fully saturated rings. The second-order valence-electron chi connectivity index (χ2n) is 5.98. The predicted octanol–water partition coefficient (Wildman–Crippen LogP) is 4.51. The molecule has 2 N–H and O–H groups in total. The average molecular weight is 395 g/mol. The number of thiophene rings is 1. The number of halogens is 3. The van der Waals surface area contributed by atoms with E-state index in [0.29, 0.717) is 9.75 Å². The van der Waals surface area contributed by atoms with Crippen LogP contribution in [0.1, 0.15) is 37.0 Å². The van der Waals surface area contributed by atoms with E-state index in [1.807, 2.05) is 6.08 Å². The third-order valence-corrected chi connectivity index (χ3v) is 5.10. The molecular formula is C19H16F3NO3S. The van der Waals surface area contributed by atoms with Crippen molar-refractivity contribution in [2.75, 3.05) is 0 Å². The minimum atomic E-state index is -5.32. The number of aromatic nitrogens is 1. The van der Waals surface area contributed by atoms with Gasteiger partial charge in [0.2, 0.25) is 0 Å². The average Bonchev–Trinajstić information content (AvgIpc) is 3.29. The SMILES string of the molecule is CCC1=CC=C(C#Cc2ccc(-c3cnc(C(O)(O)C(F)(F)F)o3)s2)CC1. The van der Waals surface area contributed by atoms with E-state index >= 15 is 0 Å². The summed E-state index contributed by atoms with van der Waals surface area (Å²) in [7, 11) is 0. The molecule has 0 amide bonds. The van der Waals surface area contributed by atoms with Gasteiger partial charge in [-0.15, -0.1) is 11.3 Å². The van der Waals surface area contributed by atoms with Crippen molar-refractivity contribution in [2.24, 2.45) is 0 Å². The van der Waals surface area contributed by atoms with Gasteiger partial charge in [-0.2, -0.15) is 13.2 Å². The van der Waals surface area contributed by atoms with Crippen molar-refractivity contribution in [3.63, 3.8) is 0 Å². The summed E-state index contributed by atoms with van der Waals surface area (Å²) in [6.45, 7) is 2.12. The van der Waals surface area contributed by atoms with Crippen molar-refractivity contribution in [1.82, 2.24) is 4.98 Å². The lowest BCUT2D eigenvalue weighted by Gasteiger charge is -2.20. The van der Waals surface area contributed by atoms with Gasteiger partial charge in [-0.3, -0.25) is 0 Å². The number of rotatable bonds is 3. The molecule has 27 heavy (non-hydrogen) atoms. The molecule has 1 aliphatic carbocycles. The van der Waals surface area contributed by atoms with Crippen molar-refractivity contribution >= 4 is 11.3 Å². The Balaban J connectivity index is 1.77. The monoisotopic (exact) mass is 395 g/mol. The van der Waals surface area contributed by atoms with Gasteiger partial charge < -0.3 is 14.6 Å². The van der Waals surface area contributed by atoms with Gasteiger partial charge in [0, 0.05) is 5.57 Å². The van der Waals surface area contributed by atoms with Crippen LogP contribution in [0, 0.1) is 11.8 Å². The van der Waals surface area contributed by atoms with Gasteiger partial charge in [0.25, 0.3) is 5.89 Å². The largest absolute Gasteiger partial charge is 0.453 e. The smallest absolute Gasteiger partial charge is 0.434 e. The van der Waals surface area contributed by atoms with Gasteiger partial charge in [0.05, 0.1) is 16.0 Å². The number of nitrogens with zero attached hydrogens (tertiary/aromatic N) is 1. The molecule has 2 heterocycles. The fourth-order valence-electron chi connectivity index (χ4n) is 2.43. The molecule has 0 atom stereocenters. The van der Waals surface area contributed by atoms with Gasteiger partial charge in [-0.05, 0) is 31.4 Å². The van der Waals surface area contributed by atoms with Gasteiger partial charge in [-0.1, -0.05) is 36.5 Å². The summed E-state index contributed by atoms with van der Waals surface area (Å²) >= 11 is 1.22. The van der Waals surface area contributed by atoms with Crippen LogP contribution in [0.25, 0.3) is 10.6 Å². The summed E-state index contributed by atoms with van der Waals surface area (Å²) in [6, 6.07) is 3.36. The third kappa shape index (κ3) is 4.16. The number of oxazole rings is 1. The second kappa shape index (κ2) is 7.35. The van der Waals surface area contributed by atoms with Crippen molar-refractivity contribution in [2.45, 2.75) is 38.1 Å². The number of hydrogen-bond donors (Lipinski definition) is 2. The van der Waals surface area contributed by atoms with Crippen LogP contribution < -0.4 is 0 Å². The molecule has 2 aromatic rings. The van der Waals surface area contributed by atoms with E-state index < -0.39 is 17.9 Å². The zero-order valence-electron chi connectivity index (χ0n) is 14.3. The first-order valence-electron chi connectivity index (χ1n) is 8.19. The third-order valence-electron chi connectivity index (χ3n) is 4.08. The van der Waals surface area contributed by atoms with Crippen LogP contribution in [0.2, 0.25) is 0 Å². The van der Waals surface area contributed by atoms with E-state index in [-0.39, 0.29) is 5.76 Å². The van der Waals surface area contributed by atoms with E-state index in [1.165, 1.54) is 16.9 Å². The van der Waals surface area contributed by atoms with Gasteiger partial charge in [-0.25, -0.2) is 4.98 Å². The Morgan fingerprint density at radius 2 is 1.96 bits per heavy atom. The van der Waals surface area contributed by atoms with Crippen LogP contribution in [0.3, 0.4) is 0 Å². The Bertz CT molecular complexity index is 955. The van der Waals surface area contributed by atoms with Crippen LogP contribution in [-0.2, 0) is 5.79 Å². The number of alkyl halides is 3. The lowest BCUT2D eigenvalue weighted by Crippen LogP contribution is -2.42. The minimum absolute atomic E-state index is 0.00665. The topological polar surface area (TPSA) is 66.5 Å². The summed E-state index contributed by atoms with van der Waals surface area (Å²) in [6.07, 6.45) is 2.71. The lowest BCUT2D eigenvalue weighted by atomic mass is 9.97. The zero-order chi connectivity index (χ0) is 19.7. The van der Waals surface area contributed by atoms with Gasteiger partial charge in [0.15, 0.2) is 5.76 Å². The van der Waals surface area contributed by atoms with Crippen molar-refractivity contribution in [3.8, 4) is 22.5 Å². The highest BCUT2D eigenvalue weighted by atomic mass is 32.1. The van der Waals surface area contributed by atoms with Crippen LogP contribution in [0.5, 0.6) is 0 Å². The quantitative estimate of drug-likeness (QED) is 0.593. The molecule has 0 spiro atoms. The molecule has 0 unspecified atom stereocenters. The summed E-state index contributed by atoms with van der Waals surface area (Å²) in [5, 5.41) is 18.4. The van der Waals surface area contributed by atoms with E-state index in [4.69, 9.17) is 4.42 Å². The van der Waals surface area contributed by atoms with Crippen molar-refractivity contribution in [1.29, 1.82) is 0 Å². The molecule has 0 saturated heterocycles. The van der Waals surface area contributed by atoms with E-state index in [9.17, 15) is 23.4 Å². The van der Waals surface area contributed by atoms with Gasteiger partial charge in [0.1, 0.15) is 0 Å². The Morgan fingerprint density at radius 3 is 2.59 bits per heavy atom. The molecule has 4 nitrogen and oxygen atoms in total. The standard InChI is InChI=1S/C19H16F3NO3S/c1-2-12-3-5-13(6-4-12)7-8-14-9-10-16(27-14)15-11-23-17(26-15)18(24,25)19(20,21)22/h3,5,9-11,24-25H,2,4,6H2,1H3. The Morgan fingerprint density at radius 1 is 1.19 bits per heavy atom. The molecule has 142 valence electrons. The summed E-state index contributed by atoms with van der Waals surface area (Å²) < 4.78 is 42.8. The molecule has 8 heteroatoms. The molecule has 0 aromatic carbocycles. The van der Waals surface area contributed by atoms with Crippen LogP contribution in [0.4, 0.5) is 13.2 Å². The summed E-state index contributed by atoms with van der Waals surface area (Å²) in [5.74, 6) is 0.774. The molecule has 3 rings (SSSR count). The van der Waals surface area contributed by atoms with E-state index in [0.717, 1.165) is 31.0 Å². The Labute approximate surface area is 157 Å². The highest BCUT2D eigenvalue weighted by molar-refractivity contribution is 7.15. The first kappa shape index (κ1) is 19.4. The maximum absolute atomic E-state index is 12.6. The van der Waals surface area contributed by atoms with Crippen LogP contribution in [-0.4, -0.2) is 21.4 Å². The molecule has 2 aromatic heterocycles. The molecule has 0 aliphatic heterocycles. The highest BCUT2D eigenvalue weighted by Crippen LogP contribution is 2.38. The Kier molecular flexibility index (Phi) is 5.29. The van der Waals surface area contributed by atoms with Crippen LogP contribution >= 0.6 is 11.3 Å². The second-order valence-corrected chi connectivity index (χ2v) is 7.07. The van der Waals surface area contributed by atoms with E-state index in [1.54, 1.807) is 12.1 Å². The maximum Gasteiger partial charge on any atom is 0.453 e. The first-order valence-corrected chi connectivity index (χ1v) is 9.01. The first-order chi connectivity index (χ1) is 12.7. The normalized spacial score (nSPS) is 15.0. The number of allylic oxidation sites excluding steroid dienone is 4. The fourth-order valence-corrected chi connectivity index (χ4v) is 3.24. The van der Waals surface area contributed by atoms with E-state index in [2.05, 4.69) is 29.8 Å². The van der Waals surface area contributed by atoms with Gasteiger partial charge >= 0.3 is 12.0 Å². The zero-order valence-corrected chi connectivity index (χ0v) is 15.1. The molecule has 0 saturated carbocycles. The molecular weight excluding hydrogens is 379 g/mol. The van der Waals surface area contributed by atoms with Crippen LogP contribution in [0.15, 0.2) is 46.0 Å². The highest BCUT2D eigenvalue weighted by Gasteiger charge is 2.58. The molecule has 0 bridgehead atoms. The minimum Gasteiger partial charge on any atom is -0.434 e. The molecule has 0 radical (unpaired) electrons. The van der Waals surface area contributed by atoms with Crippen molar-refractivity contribution < 1.29 is 27.8 Å². The molecule has 1 aliphatic rings. The van der Waals surface area contributed by atoms with Crippen molar-refractivity contribution in [3.05, 3.63) is 52.4 Å².